The van der Waals surface area contributed by atoms with Crippen LogP contribution in [0, 0.1) is 0 Å². The molecule has 2 heterocycles. The van der Waals surface area contributed by atoms with Crippen molar-refractivity contribution in [1.29, 1.82) is 0 Å². The van der Waals surface area contributed by atoms with Gasteiger partial charge in [-0.1, -0.05) is 41.1 Å². The first-order valence-electron chi connectivity index (χ1n) is 12.7. The fraction of sp³-hybridized carbons (Fsp3) is 0.345. The standard InChI is InChI=1S/C29H31ClN2O6S/c1-7-36-22-14-18(13-20(30)26(22)35-6)15-23-27(33)32-25(19-11-9-10-12-21(19)38-16(3)4)24(28(34)37-8-2)17(5)31-29(32)39-23/h9-16,25H,7-8H2,1-6H3/b23-15-/t25-/m1/s1. The summed E-state index contributed by atoms with van der Waals surface area (Å²) >= 11 is 7.67. The molecule has 0 amide bonds. The maximum Gasteiger partial charge on any atom is 0.338 e. The second kappa shape index (κ2) is 12.1. The Morgan fingerprint density at radius 1 is 1.18 bits per heavy atom. The minimum Gasteiger partial charge on any atom is -0.491 e. The fourth-order valence-electron chi connectivity index (χ4n) is 4.44. The zero-order valence-corrected chi connectivity index (χ0v) is 24.3. The number of carbonyl (C=O) groups is 1. The van der Waals surface area contributed by atoms with Gasteiger partial charge in [0.25, 0.3) is 5.56 Å². The Morgan fingerprint density at radius 2 is 1.92 bits per heavy atom. The Balaban J connectivity index is 1.96. The van der Waals surface area contributed by atoms with E-state index in [9.17, 15) is 9.59 Å². The quantitative estimate of drug-likeness (QED) is 0.348. The van der Waals surface area contributed by atoms with Crippen LogP contribution in [0.1, 0.15) is 51.8 Å². The molecule has 0 radical (unpaired) electrons. The number of carbonyl (C=O) groups excluding carboxylic acids is 1. The molecule has 8 nitrogen and oxygen atoms in total. The van der Waals surface area contributed by atoms with E-state index in [0.717, 1.165) is 0 Å². The second-order valence-corrected chi connectivity index (χ2v) is 10.4. The van der Waals surface area contributed by atoms with Crippen LogP contribution in [0.25, 0.3) is 6.08 Å². The summed E-state index contributed by atoms with van der Waals surface area (Å²) in [6.45, 7) is 9.81. The van der Waals surface area contributed by atoms with Gasteiger partial charge in [-0.15, -0.1) is 0 Å². The van der Waals surface area contributed by atoms with E-state index in [4.69, 9.17) is 30.5 Å². The van der Waals surface area contributed by atoms with Crippen molar-refractivity contribution >= 4 is 35.0 Å². The van der Waals surface area contributed by atoms with Gasteiger partial charge in [-0.05, 0) is 64.5 Å². The molecule has 39 heavy (non-hydrogen) atoms. The molecular formula is C29H31ClN2O6S. The van der Waals surface area contributed by atoms with E-state index in [2.05, 4.69) is 4.99 Å². The molecule has 0 saturated carbocycles. The Bertz CT molecular complexity index is 1600. The minimum absolute atomic E-state index is 0.113. The number of ether oxygens (including phenoxy) is 4. The number of esters is 1. The summed E-state index contributed by atoms with van der Waals surface area (Å²) in [7, 11) is 1.52. The number of thiazole rings is 1. The highest BCUT2D eigenvalue weighted by molar-refractivity contribution is 7.07. The number of rotatable bonds is 9. The van der Waals surface area contributed by atoms with Crippen molar-refractivity contribution in [2.45, 2.75) is 46.8 Å². The molecule has 0 aliphatic carbocycles. The number of methoxy groups -OCH3 is 1. The van der Waals surface area contributed by atoms with Gasteiger partial charge in [0.2, 0.25) is 0 Å². The summed E-state index contributed by atoms with van der Waals surface area (Å²) in [6, 6.07) is 10.1. The first-order valence-corrected chi connectivity index (χ1v) is 13.8. The Kier molecular flexibility index (Phi) is 8.82. The largest absolute Gasteiger partial charge is 0.491 e. The predicted octanol–water partition coefficient (Wildman–Crippen LogP) is 4.65. The first kappa shape index (κ1) is 28.4. The third-order valence-electron chi connectivity index (χ3n) is 5.93. The molecule has 0 spiro atoms. The molecule has 4 rings (SSSR count). The third-order valence-corrected chi connectivity index (χ3v) is 7.19. The molecule has 0 N–H and O–H groups in total. The fourth-order valence-corrected chi connectivity index (χ4v) is 5.78. The number of benzene rings is 2. The smallest absolute Gasteiger partial charge is 0.338 e. The van der Waals surface area contributed by atoms with Crippen molar-refractivity contribution in [2.75, 3.05) is 20.3 Å². The van der Waals surface area contributed by atoms with Crippen LogP contribution in [-0.4, -0.2) is 37.0 Å². The van der Waals surface area contributed by atoms with E-state index in [0.29, 0.717) is 60.6 Å². The van der Waals surface area contributed by atoms with E-state index >= 15 is 0 Å². The van der Waals surface area contributed by atoms with Gasteiger partial charge in [0.15, 0.2) is 16.3 Å². The molecule has 2 aromatic carbocycles. The number of aromatic nitrogens is 1. The highest BCUT2D eigenvalue weighted by Crippen LogP contribution is 2.37. The molecule has 0 saturated heterocycles. The lowest BCUT2D eigenvalue weighted by atomic mass is 9.95. The number of hydrogen-bond acceptors (Lipinski definition) is 8. The zero-order chi connectivity index (χ0) is 28.3. The van der Waals surface area contributed by atoms with Gasteiger partial charge < -0.3 is 18.9 Å². The molecule has 206 valence electrons. The monoisotopic (exact) mass is 570 g/mol. The lowest BCUT2D eigenvalue weighted by Crippen LogP contribution is -2.40. The second-order valence-electron chi connectivity index (χ2n) is 8.97. The Morgan fingerprint density at radius 3 is 2.59 bits per heavy atom. The topological polar surface area (TPSA) is 88.4 Å². The van der Waals surface area contributed by atoms with Crippen LogP contribution in [0.15, 0.2) is 57.5 Å². The summed E-state index contributed by atoms with van der Waals surface area (Å²) in [5, 5.41) is 0.362. The van der Waals surface area contributed by atoms with Crippen LogP contribution in [0.2, 0.25) is 5.02 Å². The lowest BCUT2D eigenvalue weighted by Gasteiger charge is -2.26. The lowest BCUT2D eigenvalue weighted by molar-refractivity contribution is -0.139. The third kappa shape index (κ3) is 5.74. The normalized spacial score (nSPS) is 15.2. The van der Waals surface area contributed by atoms with Gasteiger partial charge in [0.1, 0.15) is 11.8 Å². The van der Waals surface area contributed by atoms with E-state index in [1.807, 2.05) is 45.0 Å². The minimum atomic E-state index is -0.782. The van der Waals surface area contributed by atoms with Crippen molar-refractivity contribution in [2.24, 2.45) is 4.99 Å². The highest BCUT2D eigenvalue weighted by atomic mass is 35.5. The Labute approximate surface area is 235 Å². The summed E-state index contributed by atoms with van der Waals surface area (Å²) in [6.07, 6.45) is 1.62. The van der Waals surface area contributed by atoms with Crippen LogP contribution in [-0.2, 0) is 9.53 Å². The molecule has 10 heteroatoms. The SMILES string of the molecule is CCOC(=O)C1=C(C)N=c2s/c(=C\c3cc(Cl)c(OC)c(OCC)c3)c(=O)n2[C@@H]1c1ccccc1OC(C)C. The molecule has 0 bridgehead atoms. The number of allylic oxidation sites excluding steroid dienone is 1. The van der Waals surface area contributed by atoms with Gasteiger partial charge in [-0.2, -0.15) is 0 Å². The highest BCUT2D eigenvalue weighted by Gasteiger charge is 2.35. The molecule has 0 fully saturated rings. The van der Waals surface area contributed by atoms with Crippen molar-refractivity contribution in [3.63, 3.8) is 0 Å². The maximum absolute atomic E-state index is 14.0. The van der Waals surface area contributed by atoms with E-state index in [1.165, 1.54) is 23.0 Å². The van der Waals surface area contributed by atoms with E-state index < -0.39 is 12.0 Å². The van der Waals surface area contributed by atoms with Crippen LogP contribution in [0.4, 0.5) is 0 Å². The van der Waals surface area contributed by atoms with E-state index in [1.54, 1.807) is 32.1 Å². The average Bonchev–Trinajstić information content (AvgIpc) is 3.17. The molecule has 0 unspecified atom stereocenters. The molecule has 3 aromatic rings. The summed E-state index contributed by atoms with van der Waals surface area (Å²) < 4.78 is 24.5. The summed E-state index contributed by atoms with van der Waals surface area (Å²) in [5.41, 5.74) is 1.80. The summed E-state index contributed by atoms with van der Waals surface area (Å²) in [4.78, 5) is 32.3. The van der Waals surface area contributed by atoms with Crippen molar-refractivity contribution in [1.82, 2.24) is 4.57 Å². The van der Waals surface area contributed by atoms with Gasteiger partial charge >= 0.3 is 5.97 Å². The van der Waals surface area contributed by atoms with Gasteiger partial charge in [0.05, 0.1) is 47.3 Å². The Hall–Kier alpha value is -3.56. The number of hydrogen-bond donors (Lipinski definition) is 0. The number of halogens is 1. The molecule has 1 atom stereocenters. The van der Waals surface area contributed by atoms with Crippen LogP contribution in [0.3, 0.4) is 0 Å². The van der Waals surface area contributed by atoms with Crippen molar-refractivity contribution in [3.8, 4) is 17.2 Å². The molecule has 1 aromatic heterocycles. The zero-order valence-electron chi connectivity index (χ0n) is 22.7. The molecular weight excluding hydrogens is 540 g/mol. The van der Waals surface area contributed by atoms with Crippen LogP contribution >= 0.6 is 22.9 Å². The van der Waals surface area contributed by atoms with Gasteiger partial charge in [-0.25, -0.2) is 9.79 Å². The molecule has 1 aliphatic rings. The number of para-hydroxylation sites is 1. The predicted molar refractivity (Wildman–Crippen MR) is 152 cm³/mol. The number of nitrogens with zero attached hydrogens (tertiary/aromatic N) is 2. The van der Waals surface area contributed by atoms with Crippen molar-refractivity contribution in [3.05, 3.63) is 83.5 Å². The average molecular weight is 571 g/mol. The summed E-state index contributed by atoms with van der Waals surface area (Å²) in [5.74, 6) is 0.950. The van der Waals surface area contributed by atoms with Crippen LogP contribution in [0.5, 0.6) is 17.2 Å². The molecule has 1 aliphatic heterocycles. The number of fused-ring (bicyclic) bond motifs is 1. The van der Waals surface area contributed by atoms with E-state index in [-0.39, 0.29) is 18.3 Å². The first-order chi connectivity index (χ1) is 18.7. The maximum atomic E-state index is 14.0. The van der Waals surface area contributed by atoms with Gasteiger partial charge in [-0.3, -0.25) is 9.36 Å². The van der Waals surface area contributed by atoms with Crippen LogP contribution < -0.4 is 29.1 Å². The van der Waals surface area contributed by atoms with Crippen molar-refractivity contribution < 1.29 is 23.7 Å². The van der Waals surface area contributed by atoms with Gasteiger partial charge in [0, 0.05) is 5.56 Å².